The fraction of sp³-hybridized carbons (Fsp3) is 0.467. The molecule has 0 spiro atoms. The van der Waals surface area contributed by atoms with Gasteiger partial charge >= 0.3 is 35.4 Å². The number of hydrogen-bond donors (Lipinski definition) is 0. The van der Waals surface area contributed by atoms with E-state index in [2.05, 4.69) is 9.69 Å². The van der Waals surface area contributed by atoms with Crippen LogP contribution in [0.15, 0.2) is 34.9 Å². The zero-order chi connectivity index (χ0) is 17.5. The largest absolute Gasteiger partial charge is 1.00 e. The van der Waals surface area contributed by atoms with Crippen LogP contribution in [0.4, 0.5) is 0 Å². The Bertz CT molecular complexity index is 689. The molecule has 1 rings (SSSR count). The molecule has 0 radical (unpaired) electrons. The van der Waals surface area contributed by atoms with Crippen LogP contribution in [0.25, 0.3) is 9.69 Å². The maximum Gasteiger partial charge on any atom is 1.00 e. The molecule has 0 aromatic heterocycles. The van der Waals surface area contributed by atoms with Crippen LogP contribution in [0, 0.1) is 13.1 Å². The Morgan fingerprint density at radius 3 is 2.21 bits per heavy atom. The van der Waals surface area contributed by atoms with Crippen molar-refractivity contribution in [3.63, 3.8) is 0 Å². The van der Waals surface area contributed by atoms with Crippen molar-refractivity contribution in [2.45, 2.75) is 20.3 Å². The zero-order valence-corrected chi connectivity index (χ0v) is 16.9. The molecule has 0 amide bonds. The minimum atomic E-state index is -4.18. The summed E-state index contributed by atoms with van der Waals surface area (Å²) in [5, 5.41) is 0. The molecule has 1 heterocycles. The van der Waals surface area contributed by atoms with Gasteiger partial charge in [0, 0.05) is 30.3 Å². The van der Waals surface area contributed by atoms with Gasteiger partial charge in [0.05, 0.1) is 22.3 Å². The SMILES string of the molecule is [C-]#[N+]C([N+]#[C-])=C1C=C(C)N(CCOCCCS(=O)(=O)[O-])C(C)=C1.[Na+]. The standard InChI is InChI=1S/C15H19N3O4S.Na/c1-12-10-14(15(16-3)17-4)11-13(2)18(12)6-8-22-7-5-9-23(19,20)21;/h10-11H,5-9H2,1-2H3,(H,19,20,21);/q;+1/p-1. The van der Waals surface area contributed by atoms with Gasteiger partial charge in [0.2, 0.25) is 0 Å². The molecule has 0 aromatic carbocycles. The molecule has 0 atom stereocenters. The van der Waals surface area contributed by atoms with E-state index in [1.807, 2.05) is 18.7 Å². The topological polar surface area (TPSA) is 78.4 Å². The Labute approximate surface area is 165 Å². The maximum atomic E-state index is 10.5. The molecular weight excluding hydrogens is 341 g/mol. The Hall–Kier alpha value is -1.13. The summed E-state index contributed by atoms with van der Waals surface area (Å²) in [5.41, 5.74) is 2.40. The minimum Gasteiger partial charge on any atom is -0.748 e. The molecule has 0 saturated carbocycles. The van der Waals surface area contributed by atoms with Crippen LogP contribution in [0.5, 0.6) is 0 Å². The first kappa shape index (κ1) is 22.9. The smallest absolute Gasteiger partial charge is 0.748 e. The summed E-state index contributed by atoms with van der Waals surface area (Å²) in [5.74, 6) is -0.378. The quantitative estimate of drug-likeness (QED) is 0.255. The van der Waals surface area contributed by atoms with Gasteiger partial charge in [0.15, 0.2) is 0 Å². The second kappa shape index (κ2) is 10.7. The first-order valence-electron chi connectivity index (χ1n) is 6.93. The monoisotopic (exact) mass is 359 g/mol. The van der Waals surface area contributed by atoms with E-state index in [4.69, 9.17) is 17.9 Å². The Balaban J connectivity index is 0.00000529. The summed E-state index contributed by atoms with van der Waals surface area (Å²) in [6.07, 6.45) is 3.74. The molecule has 124 valence electrons. The third-order valence-corrected chi connectivity index (χ3v) is 3.98. The van der Waals surface area contributed by atoms with E-state index in [0.717, 1.165) is 11.4 Å². The third-order valence-electron chi connectivity index (χ3n) is 3.19. The third kappa shape index (κ3) is 7.63. The number of rotatable bonds is 7. The van der Waals surface area contributed by atoms with Gasteiger partial charge in [-0.2, -0.15) is 9.69 Å². The average Bonchev–Trinajstić information content (AvgIpc) is 2.45. The van der Waals surface area contributed by atoms with E-state index in [1.165, 1.54) is 0 Å². The number of allylic oxidation sites excluding steroid dienone is 5. The van der Waals surface area contributed by atoms with Crippen LogP contribution >= 0.6 is 0 Å². The van der Waals surface area contributed by atoms with Crippen molar-refractivity contribution in [2.24, 2.45) is 0 Å². The molecule has 9 heteroatoms. The van der Waals surface area contributed by atoms with Crippen LogP contribution in [-0.2, 0) is 14.9 Å². The molecule has 0 aliphatic carbocycles. The van der Waals surface area contributed by atoms with Gasteiger partial charge in [-0.1, -0.05) is 0 Å². The van der Waals surface area contributed by atoms with E-state index < -0.39 is 15.9 Å². The molecule has 24 heavy (non-hydrogen) atoms. The normalized spacial score (nSPS) is 14.0. The number of nitrogens with zero attached hydrogens (tertiary/aromatic N) is 3. The average molecular weight is 359 g/mol. The fourth-order valence-electron chi connectivity index (χ4n) is 2.16. The van der Waals surface area contributed by atoms with E-state index in [9.17, 15) is 13.0 Å². The van der Waals surface area contributed by atoms with Crippen molar-refractivity contribution in [1.82, 2.24) is 4.90 Å². The van der Waals surface area contributed by atoms with Crippen LogP contribution < -0.4 is 29.6 Å². The summed E-state index contributed by atoms with van der Waals surface area (Å²) in [6.45, 7) is 18.9. The number of ether oxygens (including phenoxy) is 1. The van der Waals surface area contributed by atoms with E-state index in [0.29, 0.717) is 18.7 Å². The summed E-state index contributed by atoms with van der Waals surface area (Å²) >= 11 is 0. The van der Waals surface area contributed by atoms with Gasteiger partial charge in [-0.3, -0.25) is 0 Å². The Morgan fingerprint density at radius 2 is 1.75 bits per heavy atom. The minimum absolute atomic E-state index is 0. The van der Waals surface area contributed by atoms with Crippen molar-refractivity contribution in [2.75, 3.05) is 25.5 Å². The second-order valence-corrected chi connectivity index (χ2v) is 6.48. The van der Waals surface area contributed by atoms with Gasteiger partial charge in [-0.15, -0.1) is 0 Å². The molecule has 7 nitrogen and oxygen atoms in total. The summed E-state index contributed by atoms with van der Waals surface area (Å²) < 4.78 is 36.7. The van der Waals surface area contributed by atoms with Crippen molar-refractivity contribution in [3.05, 3.63) is 57.8 Å². The Morgan fingerprint density at radius 1 is 1.21 bits per heavy atom. The van der Waals surface area contributed by atoms with E-state index in [1.54, 1.807) is 12.2 Å². The Kier molecular flexibility index (Phi) is 10.2. The van der Waals surface area contributed by atoms with Crippen molar-refractivity contribution in [1.29, 1.82) is 0 Å². The van der Waals surface area contributed by atoms with Crippen molar-refractivity contribution in [3.8, 4) is 0 Å². The predicted octanol–water partition coefficient (Wildman–Crippen LogP) is -0.884. The van der Waals surface area contributed by atoms with Crippen molar-refractivity contribution >= 4 is 10.1 Å². The molecule has 0 fully saturated rings. The first-order valence-corrected chi connectivity index (χ1v) is 8.51. The summed E-state index contributed by atoms with van der Waals surface area (Å²) in [7, 11) is -4.18. The van der Waals surface area contributed by atoms with Gasteiger partial charge in [-0.25, -0.2) is 8.42 Å². The molecular formula is C15H18N3NaO4S. The fourth-order valence-corrected chi connectivity index (χ4v) is 2.63. The van der Waals surface area contributed by atoms with Crippen LogP contribution in [0.1, 0.15) is 20.3 Å². The van der Waals surface area contributed by atoms with Gasteiger partial charge in [-0.05, 0) is 32.4 Å². The molecule has 0 bridgehead atoms. The van der Waals surface area contributed by atoms with Gasteiger partial charge in [0.1, 0.15) is 13.1 Å². The van der Waals surface area contributed by atoms with Crippen molar-refractivity contribution < 1.29 is 47.3 Å². The summed E-state index contributed by atoms with van der Waals surface area (Å²) in [4.78, 5) is 8.40. The maximum absolute atomic E-state index is 10.5. The molecule has 0 saturated heterocycles. The van der Waals surface area contributed by atoms with E-state index in [-0.39, 0.29) is 48.4 Å². The van der Waals surface area contributed by atoms with E-state index >= 15 is 0 Å². The first-order chi connectivity index (χ1) is 10.8. The van der Waals surface area contributed by atoms with Gasteiger partial charge in [0.25, 0.3) is 0 Å². The van der Waals surface area contributed by atoms with Crippen LogP contribution in [0.3, 0.4) is 0 Å². The van der Waals surface area contributed by atoms with Gasteiger partial charge < -0.3 is 14.2 Å². The second-order valence-electron chi connectivity index (χ2n) is 4.95. The molecule has 0 aromatic rings. The molecule has 1 aliphatic heterocycles. The predicted molar refractivity (Wildman–Crippen MR) is 84.5 cm³/mol. The molecule has 1 aliphatic rings. The summed E-state index contributed by atoms with van der Waals surface area (Å²) in [6, 6.07) is 0. The molecule has 0 unspecified atom stereocenters. The molecule has 0 N–H and O–H groups in total. The zero-order valence-electron chi connectivity index (χ0n) is 14.1. The van der Waals surface area contributed by atoms with Crippen LogP contribution in [-0.4, -0.2) is 43.4 Å². The van der Waals surface area contributed by atoms with Crippen LogP contribution in [0.2, 0.25) is 0 Å². The number of hydrogen-bond acceptors (Lipinski definition) is 5.